The van der Waals surface area contributed by atoms with E-state index in [2.05, 4.69) is 17.6 Å². The van der Waals surface area contributed by atoms with Gasteiger partial charge in [-0.3, -0.25) is 10.1 Å². The number of hydrogen-bond donors (Lipinski definition) is 0. The highest BCUT2D eigenvalue weighted by Crippen LogP contribution is 2.26. The molecular formula is C15H14N4O2. The van der Waals surface area contributed by atoms with Crippen LogP contribution in [0.4, 0.5) is 11.5 Å². The Morgan fingerprint density at radius 2 is 2.24 bits per heavy atom. The fraction of sp³-hybridized carbons (Fsp3) is 0.200. The molecule has 1 aromatic heterocycles. The van der Waals surface area contributed by atoms with Crippen molar-refractivity contribution in [1.82, 2.24) is 4.98 Å². The topological polar surface area (TPSA) is 83.1 Å². The van der Waals surface area contributed by atoms with Crippen LogP contribution in [-0.4, -0.2) is 23.5 Å². The molecule has 0 aliphatic rings. The van der Waals surface area contributed by atoms with Crippen LogP contribution in [0.5, 0.6) is 0 Å². The van der Waals surface area contributed by atoms with Crippen molar-refractivity contribution in [2.75, 3.05) is 18.5 Å². The van der Waals surface area contributed by atoms with Crippen LogP contribution >= 0.6 is 0 Å². The molecule has 0 aliphatic heterocycles. The Hall–Kier alpha value is -2.94. The van der Waals surface area contributed by atoms with Gasteiger partial charge >= 0.3 is 0 Å². The molecule has 0 saturated heterocycles. The van der Waals surface area contributed by atoms with Crippen molar-refractivity contribution >= 4 is 22.4 Å². The second kappa shape index (κ2) is 5.59. The van der Waals surface area contributed by atoms with Gasteiger partial charge in [0, 0.05) is 31.1 Å². The van der Waals surface area contributed by atoms with Gasteiger partial charge < -0.3 is 4.90 Å². The number of anilines is 1. The van der Waals surface area contributed by atoms with Crippen molar-refractivity contribution in [3.8, 4) is 6.07 Å². The van der Waals surface area contributed by atoms with Crippen molar-refractivity contribution in [3.05, 3.63) is 52.1 Å². The van der Waals surface area contributed by atoms with Crippen LogP contribution in [-0.2, 0) is 0 Å². The van der Waals surface area contributed by atoms with Gasteiger partial charge in [-0.25, -0.2) is 4.98 Å². The Morgan fingerprint density at radius 3 is 2.81 bits per heavy atom. The number of pyridine rings is 1. The highest BCUT2D eigenvalue weighted by molar-refractivity contribution is 5.88. The molecule has 0 N–H and O–H groups in total. The van der Waals surface area contributed by atoms with Crippen LogP contribution in [0, 0.1) is 21.4 Å². The first kappa shape index (κ1) is 14.5. The Balaban J connectivity index is 2.59. The summed E-state index contributed by atoms with van der Waals surface area (Å²) in [6, 6.07) is 8.04. The maximum absolute atomic E-state index is 10.8. The molecule has 0 aliphatic carbocycles. The summed E-state index contributed by atoms with van der Waals surface area (Å²) in [4.78, 5) is 16.7. The molecule has 1 heterocycles. The molecule has 0 spiro atoms. The molecule has 0 amide bonds. The van der Waals surface area contributed by atoms with Gasteiger partial charge in [0.05, 0.1) is 22.1 Å². The van der Waals surface area contributed by atoms with E-state index in [4.69, 9.17) is 0 Å². The Labute approximate surface area is 122 Å². The van der Waals surface area contributed by atoms with Crippen LogP contribution in [0.2, 0.25) is 0 Å². The molecule has 1 aromatic carbocycles. The van der Waals surface area contributed by atoms with E-state index in [1.165, 1.54) is 12.1 Å². The fourth-order valence-corrected chi connectivity index (χ4v) is 2.09. The number of aromatic nitrogens is 1. The minimum atomic E-state index is -0.484. The summed E-state index contributed by atoms with van der Waals surface area (Å²) in [5.74, 6) is 0.635. The highest BCUT2D eigenvalue weighted by atomic mass is 16.6. The van der Waals surface area contributed by atoms with Gasteiger partial charge in [-0.15, -0.1) is 0 Å². The first-order chi connectivity index (χ1) is 9.92. The summed E-state index contributed by atoms with van der Waals surface area (Å²) >= 11 is 0. The molecule has 0 bridgehead atoms. The number of hydrogen-bond acceptors (Lipinski definition) is 5. The zero-order valence-electron chi connectivity index (χ0n) is 11.8. The number of benzene rings is 1. The largest absolute Gasteiger partial charge is 0.356 e. The van der Waals surface area contributed by atoms with Crippen molar-refractivity contribution in [2.24, 2.45) is 0 Å². The molecule has 6 nitrogen and oxygen atoms in total. The number of nitro groups is 1. The number of nitro benzene ring substituents is 1. The van der Waals surface area contributed by atoms with E-state index < -0.39 is 4.92 Å². The van der Waals surface area contributed by atoms with Gasteiger partial charge in [-0.05, 0) is 19.1 Å². The van der Waals surface area contributed by atoms with Crippen LogP contribution < -0.4 is 4.90 Å². The van der Waals surface area contributed by atoms with Gasteiger partial charge in [-0.1, -0.05) is 12.2 Å². The van der Waals surface area contributed by atoms with E-state index in [1.54, 1.807) is 12.1 Å². The predicted octanol–water partition coefficient (Wildman–Crippen LogP) is 3.03. The fourth-order valence-electron chi connectivity index (χ4n) is 2.09. The van der Waals surface area contributed by atoms with Gasteiger partial charge in [0.15, 0.2) is 0 Å². The van der Waals surface area contributed by atoms with Crippen molar-refractivity contribution in [1.29, 1.82) is 5.26 Å². The minimum absolute atomic E-state index is 0.0520. The van der Waals surface area contributed by atoms with Gasteiger partial charge in [0.25, 0.3) is 5.69 Å². The summed E-state index contributed by atoms with van der Waals surface area (Å²) < 4.78 is 0. The number of rotatable bonds is 4. The lowest BCUT2D eigenvalue weighted by Crippen LogP contribution is -2.20. The number of fused-ring (bicyclic) bond motifs is 1. The molecule has 6 heteroatoms. The standard InChI is InChI=1S/C15H14N4O2/c1-10(2)9-18(3)15-6-11(8-16)13-7-12(19(20)21)4-5-14(13)17-15/h4-7H,1,9H2,2-3H3. The quantitative estimate of drug-likeness (QED) is 0.489. The van der Waals surface area contributed by atoms with E-state index in [0.29, 0.717) is 28.8 Å². The highest BCUT2D eigenvalue weighted by Gasteiger charge is 2.13. The molecule has 0 saturated carbocycles. The average Bonchev–Trinajstić information content (AvgIpc) is 2.44. The Bertz CT molecular complexity index is 777. The van der Waals surface area contributed by atoms with E-state index >= 15 is 0 Å². The lowest BCUT2D eigenvalue weighted by atomic mass is 10.1. The summed E-state index contributed by atoms with van der Waals surface area (Å²) in [6.07, 6.45) is 0. The molecule has 106 valence electrons. The molecule has 0 fully saturated rings. The summed E-state index contributed by atoms with van der Waals surface area (Å²) in [5, 5.41) is 20.6. The van der Waals surface area contributed by atoms with Crippen LogP contribution in [0.3, 0.4) is 0 Å². The average molecular weight is 282 g/mol. The zero-order valence-corrected chi connectivity index (χ0v) is 11.8. The maximum Gasteiger partial charge on any atom is 0.270 e. The number of non-ortho nitro benzene ring substituents is 1. The van der Waals surface area contributed by atoms with Gasteiger partial charge in [-0.2, -0.15) is 5.26 Å². The molecule has 2 aromatic rings. The van der Waals surface area contributed by atoms with Crippen molar-refractivity contribution in [3.63, 3.8) is 0 Å². The second-order valence-corrected chi connectivity index (χ2v) is 4.91. The first-order valence-electron chi connectivity index (χ1n) is 6.27. The lowest BCUT2D eigenvalue weighted by Gasteiger charge is -2.19. The molecule has 21 heavy (non-hydrogen) atoms. The predicted molar refractivity (Wildman–Crippen MR) is 81.2 cm³/mol. The SMILES string of the molecule is C=C(C)CN(C)c1cc(C#N)c2cc([N+](=O)[O-])ccc2n1. The normalized spacial score (nSPS) is 10.1. The third-order valence-electron chi connectivity index (χ3n) is 3.01. The first-order valence-corrected chi connectivity index (χ1v) is 6.27. The number of nitriles is 1. The van der Waals surface area contributed by atoms with E-state index in [9.17, 15) is 15.4 Å². The zero-order chi connectivity index (χ0) is 15.6. The van der Waals surface area contributed by atoms with E-state index in [0.717, 1.165) is 5.57 Å². The molecule has 0 unspecified atom stereocenters. The molecule has 2 rings (SSSR count). The van der Waals surface area contributed by atoms with Gasteiger partial charge in [0.1, 0.15) is 5.82 Å². The van der Waals surface area contributed by atoms with Crippen molar-refractivity contribution < 1.29 is 4.92 Å². The Kier molecular flexibility index (Phi) is 3.85. The summed E-state index contributed by atoms with van der Waals surface area (Å²) in [5.41, 5.74) is 1.85. The smallest absolute Gasteiger partial charge is 0.270 e. The van der Waals surface area contributed by atoms with Crippen LogP contribution in [0.25, 0.3) is 10.9 Å². The van der Waals surface area contributed by atoms with Crippen molar-refractivity contribution in [2.45, 2.75) is 6.92 Å². The second-order valence-electron chi connectivity index (χ2n) is 4.91. The summed E-state index contributed by atoms with van der Waals surface area (Å²) in [7, 11) is 1.86. The molecular weight excluding hydrogens is 268 g/mol. The monoisotopic (exact) mass is 282 g/mol. The lowest BCUT2D eigenvalue weighted by molar-refractivity contribution is -0.384. The number of likely N-dealkylation sites (N-methyl/N-ethyl adjacent to an activating group) is 1. The number of nitrogens with zero attached hydrogens (tertiary/aromatic N) is 4. The van der Waals surface area contributed by atoms with Crippen LogP contribution in [0.15, 0.2) is 36.4 Å². The minimum Gasteiger partial charge on any atom is -0.356 e. The van der Waals surface area contributed by atoms with E-state index in [1.807, 2.05) is 18.9 Å². The third kappa shape index (κ3) is 2.98. The molecule has 0 atom stereocenters. The third-order valence-corrected chi connectivity index (χ3v) is 3.01. The molecule has 0 radical (unpaired) electrons. The van der Waals surface area contributed by atoms with Crippen LogP contribution in [0.1, 0.15) is 12.5 Å². The summed E-state index contributed by atoms with van der Waals surface area (Å²) in [6.45, 7) is 6.38. The maximum atomic E-state index is 10.8. The van der Waals surface area contributed by atoms with E-state index in [-0.39, 0.29) is 5.69 Å². The Morgan fingerprint density at radius 1 is 1.52 bits per heavy atom. The van der Waals surface area contributed by atoms with Gasteiger partial charge in [0.2, 0.25) is 0 Å².